The molecule has 2 aliphatic heterocycles. The van der Waals surface area contributed by atoms with Crippen LogP contribution in [-0.2, 0) is 4.74 Å². The summed E-state index contributed by atoms with van der Waals surface area (Å²) in [5.41, 5.74) is 4.21. The first kappa shape index (κ1) is 13.3. The lowest BCUT2D eigenvalue weighted by molar-refractivity contribution is 0.0853. The highest BCUT2D eigenvalue weighted by Gasteiger charge is 2.21. The summed E-state index contributed by atoms with van der Waals surface area (Å²) in [5, 5.41) is 8.00. The van der Waals surface area contributed by atoms with Crippen LogP contribution in [0.3, 0.4) is 0 Å². The van der Waals surface area contributed by atoms with Crippen molar-refractivity contribution in [2.24, 2.45) is 0 Å². The van der Waals surface area contributed by atoms with Crippen LogP contribution >= 0.6 is 0 Å². The number of fused-ring (bicyclic) bond motifs is 1. The van der Waals surface area contributed by atoms with E-state index in [0.717, 1.165) is 39.1 Å². The maximum Gasteiger partial charge on any atom is 0.0699 e. The van der Waals surface area contributed by atoms with Crippen LogP contribution in [0.4, 0.5) is 0 Å². The van der Waals surface area contributed by atoms with E-state index in [2.05, 4.69) is 34.9 Å². The summed E-state index contributed by atoms with van der Waals surface area (Å²) >= 11 is 0. The number of pyridine rings is 1. The van der Waals surface area contributed by atoms with Gasteiger partial charge in [0.1, 0.15) is 0 Å². The Kier molecular flexibility index (Phi) is 3.65. The van der Waals surface area contributed by atoms with Crippen LogP contribution in [0.15, 0.2) is 24.5 Å². The molecule has 4 heterocycles. The van der Waals surface area contributed by atoms with E-state index in [0.29, 0.717) is 11.8 Å². The van der Waals surface area contributed by atoms with Gasteiger partial charge in [-0.05, 0) is 68.3 Å². The van der Waals surface area contributed by atoms with Gasteiger partial charge in [-0.15, -0.1) is 0 Å². The molecule has 2 aromatic rings. The lowest BCUT2D eigenvalue weighted by Gasteiger charge is -2.24. The average molecular weight is 285 g/mol. The van der Waals surface area contributed by atoms with Gasteiger partial charge in [-0.2, -0.15) is 5.10 Å². The van der Waals surface area contributed by atoms with Crippen LogP contribution in [0.5, 0.6) is 0 Å². The van der Waals surface area contributed by atoms with Crippen LogP contribution < -0.4 is 5.32 Å². The fraction of sp³-hybridized carbons (Fsp3) is 0.588. The van der Waals surface area contributed by atoms with Crippen molar-refractivity contribution in [1.29, 1.82) is 0 Å². The van der Waals surface area contributed by atoms with Gasteiger partial charge in [0.15, 0.2) is 0 Å². The number of ether oxygens (including phenoxy) is 1. The summed E-state index contributed by atoms with van der Waals surface area (Å²) in [7, 11) is 0. The maximum absolute atomic E-state index is 5.49. The topological polar surface area (TPSA) is 38.6 Å². The lowest BCUT2D eigenvalue weighted by atomic mass is 9.89. The largest absolute Gasteiger partial charge is 0.381 e. The first-order valence-electron chi connectivity index (χ1n) is 8.17. The van der Waals surface area contributed by atoms with E-state index in [-0.39, 0.29) is 0 Å². The molecule has 112 valence electrons. The monoisotopic (exact) mass is 285 g/mol. The van der Waals surface area contributed by atoms with Gasteiger partial charge in [0.2, 0.25) is 0 Å². The second kappa shape index (κ2) is 5.78. The van der Waals surface area contributed by atoms with Crippen LogP contribution in [-0.4, -0.2) is 35.9 Å². The summed E-state index contributed by atoms with van der Waals surface area (Å²) < 4.78 is 7.53. The fourth-order valence-corrected chi connectivity index (χ4v) is 3.75. The molecule has 4 heteroatoms. The predicted octanol–water partition coefficient (Wildman–Crippen LogP) is 2.70. The first-order valence-corrected chi connectivity index (χ1v) is 8.17. The molecule has 0 saturated carbocycles. The number of piperidine rings is 1. The summed E-state index contributed by atoms with van der Waals surface area (Å²) in [6.45, 7) is 4.05. The highest BCUT2D eigenvalue weighted by atomic mass is 16.5. The first-order chi connectivity index (χ1) is 10.4. The molecule has 0 bridgehead atoms. The van der Waals surface area contributed by atoms with Crippen molar-refractivity contribution in [3.8, 4) is 0 Å². The summed E-state index contributed by atoms with van der Waals surface area (Å²) in [5.74, 6) is 1.31. The van der Waals surface area contributed by atoms with E-state index in [9.17, 15) is 0 Å². The minimum Gasteiger partial charge on any atom is -0.381 e. The van der Waals surface area contributed by atoms with Crippen molar-refractivity contribution in [3.05, 3.63) is 35.7 Å². The molecule has 2 saturated heterocycles. The van der Waals surface area contributed by atoms with Crippen molar-refractivity contribution < 1.29 is 4.74 Å². The summed E-state index contributed by atoms with van der Waals surface area (Å²) in [6, 6.07) is 4.61. The molecule has 0 unspecified atom stereocenters. The molecule has 2 aliphatic rings. The van der Waals surface area contributed by atoms with Gasteiger partial charge >= 0.3 is 0 Å². The van der Waals surface area contributed by atoms with Gasteiger partial charge in [-0.1, -0.05) is 0 Å². The number of nitrogens with one attached hydrogen (secondary N) is 1. The summed E-state index contributed by atoms with van der Waals surface area (Å²) in [6.07, 6.45) is 8.95. The van der Waals surface area contributed by atoms with Crippen molar-refractivity contribution in [2.75, 3.05) is 26.3 Å². The molecule has 4 rings (SSSR count). The maximum atomic E-state index is 5.49. The number of rotatable bonds is 2. The molecule has 4 nitrogen and oxygen atoms in total. The van der Waals surface area contributed by atoms with Crippen LogP contribution in [0.2, 0.25) is 0 Å². The third kappa shape index (κ3) is 2.58. The average Bonchev–Trinajstić information content (AvgIpc) is 2.99. The van der Waals surface area contributed by atoms with Crippen molar-refractivity contribution in [2.45, 2.75) is 37.5 Å². The van der Waals surface area contributed by atoms with E-state index in [1.807, 2.05) is 4.52 Å². The second-order valence-corrected chi connectivity index (χ2v) is 6.30. The highest BCUT2D eigenvalue weighted by Crippen LogP contribution is 2.32. The number of hydrogen-bond donors (Lipinski definition) is 1. The van der Waals surface area contributed by atoms with Crippen molar-refractivity contribution >= 4 is 5.52 Å². The Morgan fingerprint density at radius 2 is 1.90 bits per heavy atom. The van der Waals surface area contributed by atoms with E-state index < -0.39 is 0 Å². The van der Waals surface area contributed by atoms with E-state index in [1.54, 1.807) is 0 Å². The molecule has 0 aromatic carbocycles. The third-order valence-corrected chi connectivity index (χ3v) is 5.05. The van der Waals surface area contributed by atoms with Crippen LogP contribution in [0.25, 0.3) is 5.52 Å². The Labute approximate surface area is 125 Å². The lowest BCUT2D eigenvalue weighted by Crippen LogP contribution is -2.26. The molecular formula is C17H23N3O. The quantitative estimate of drug-likeness (QED) is 0.922. The number of aromatic nitrogens is 2. The minimum absolute atomic E-state index is 0.652. The van der Waals surface area contributed by atoms with Crippen LogP contribution in [0, 0.1) is 0 Å². The van der Waals surface area contributed by atoms with Crippen LogP contribution in [0.1, 0.15) is 48.6 Å². The smallest absolute Gasteiger partial charge is 0.0699 e. The van der Waals surface area contributed by atoms with Gasteiger partial charge in [0, 0.05) is 25.0 Å². The zero-order valence-electron chi connectivity index (χ0n) is 12.4. The van der Waals surface area contributed by atoms with Gasteiger partial charge < -0.3 is 10.1 Å². The Hall–Kier alpha value is -1.39. The SMILES string of the molecule is c1cn2ncc(C3CCNCC3)c2cc1C1CCOCC1. The second-order valence-electron chi connectivity index (χ2n) is 6.30. The third-order valence-electron chi connectivity index (χ3n) is 5.05. The Bertz CT molecular complexity index is 610. The molecule has 0 radical (unpaired) electrons. The Morgan fingerprint density at radius 3 is 2.71 bits per heavy atom. The predicted molar refractivity (Wildman–Crippen MR) is 82.8 cm³/mol. The van der Waals surface area contributed by atoms with Crippen molar-refractivity contribution in [3.63, 3.8) is 0 Å². The highest BCUT2D eigenvalue weighted by molar-refractivity contribution is 5.57. The molecule has 0 spiro atoms. The van der Waals surface area contributed by atoms with E-state index in [4.69, 9.17) is 4.74 Å². The molecule has 0 aliphatic carbocycles. The molecule has 21 heavy (non-hydrogen) atoms. The molecule has 0 amide bonds. The fourth-order valence-electron chi connectivity index (χ4n) is 3.75. The molecule has 0 atom stereocenters. The van der Waals surface area contributed by atoms with Gasteiger partial charge in [0.05, 0.1) is 11.7 Å². The van der Waals surface area contributed by atoms with Gasteiger partial charge in [-0.25, -0.2) is 4.52 Å². The minimum atomic E-state index is 0.652. The zero-order chi connectivity index (χ0) is 14.1. The molecule has 2 aromatic heterocycles. The van der Waals surface area contributed by atoms with Gasteiger partial charge in [0.25, 0.3) is 0 Å². The summed E-state index contributed by atoms with van der Waals surface area (Å²) in [4.78, 5) is 0. The molecular weight excluding hydrogens is 262 g/mol. The van der Waals surface area contributed by atoms with Gasteiger partial charge in [-0.3, -0.25) is 0 Å². The van der Waals surface area contributed by atoms with E-state index >= 15 is 0 Å². The van der Waals surface area contributed by atoms with Crippen molar-refractivity contribution in [1.82, 2.24) is 14.9 Å². The zero-order valence-corrected chi connectivity index (χ0v) is 12.4. The normalized spacial score (nSPS) is 21.9. The Balaban J connectivity index is 1.68. The molecule has 1 N–H and O–H groups in total. The molecule has 2 fully saturated rings. The number of hydrogen-bond acceptors (Lipinski definition) is 3. The number of nitrogens with zero attached hydrogens (tertiary/aromatic N) is 2. The standard InChI is InChI=1S/C17H23N3O/c1-6-18-7-2-14(1)16-12-19-20-8-3-15(11-17(16)20)13-4-9-21-10-5-13/h3,8,11-14,18H,1-2,4-7,9-10H2. The Morgan fingerprint density at radius 1 is 1.10 bits per heavy atom. The van der Waals surface area contributed by atoms with E-state index in [1.165, 1.54) is 29.5 Å².